The lowest BCUT2D eigenvalue weighted by molar-refractivity contribution is 0.0955. The van der Waals surface area contributed by atoms with E-state index >= 15 is 0 Å². The number of aromatic nitrogens is 2. The van der Waals surface area contributed by atoms with Gasteiger partial charge >= 0.3 is 0 Å². The van der Waals surface area contributed by atoms with Crippen LogP contribution in [-0.2, 0) is 0 Å². The highest BCUT2D eigenvalue weighted by atomic mass is 16.2. The molecule has 0 spiro atoms. The van der Waals surface area contributed by atoms with Crippen molar-refractivity contribution in [1.29, 1.82) is 0 Å². The molecular formula is C22H23N5O2. The first kappa shape index (κ1) is 18.9. The molecule has 7 heteroatoms. The van der Waals surface area contributed by atoms with Crippen LogP contribution >= 0.6 is 0 Å². The van der Waals surface area contributed by atoms with Gasteiger partial charge in [-0.15, -0.1) is 0 Å². The van der Waals surface area contributed by atoms with Crippen molar-refractivity contribution < 1.29 is 4.79 Å². The first-order valence-corrected chi connectivity index (χ1v) is 9.78. The third kappa shape index (κ3) is 4.03. The van der Waals surface area contributed by atoms with Crippen molar-refractivity contribution in [3.63, 3.8) is 0 Å². The van der Waals surface area contributed by atoms with Crippen molar-refractivity contribution in [2.45, 2.75) is 19.8 Å². The van der Waals surface area contributed by atoms with E-state index in [4.69, 9.17) is 4.98 Å². The van der Waals surface area contributed by atoms with Crippen LogP contribution in [0.3, 0.4) is 0 Å². The maximum atomic E-state index is 13.1. The lowest BCUT2D eigenvalue weighted by atomic mass is 9.99. The van der Waals surface area contributed by atoms with Crippen LogP contribution in [0.1, 0.15) is 35.7 Å². The zero-order valence-corrected chi connectivity index (χ0v) is 16.3. The summed E-state index contributed by atoms with van der Waals surface area (Å²) in [4.78, 5) is 32.2. The maximum Gasteiger partial charge on any atom is 0.271 e. The van der Waals surface area contributed by atoms with Gasteiger partial charge in [0, 0.05) is 24.8 Å². The molecule has 1 N–H and O–H groups in total. The molecule has 0 saturated carbocycles. The number of fused-ring (bicyclic) bond motifs is 1. The summed E-state index contributed by atoms with van der Waals surface area (Å²) in [6, 6.07) is 14.3. The van der Waals surface area contributed by atoms with Crippen molar-refractivity contribution in [2.75, 3.05) is 18.0 Å². The average molecular weight is 389 g/mol. The van der Waals surface area contributed by atoms with Crippen LogP contribution in [0, 0.1) is 5.92 Å². The lowest BCUT2D eigenvalue weighted by Gasteiger charge is -2.32. The average Bonchev–Trinajstić information content (AvgIpc) is 2.76. The molecule has 3 aromatic rings. The van der Waals surface area contributed by atoms with Gasteiger partial charge in [0.2, 0.25) is 0 Å². The van der Waals surface area contributed by atoms with E-state index in [2.05, 4.69) is 22.4 Å². The zero-order valence-electron chi connectivity index (χ0n) is 16.3. The second-order valence-electron chi connectivity index (χ2n) is 7.32. The van der Waals surface area contributed by atoms with Crippen LogP contribution in [0.5, 0.6) is 0 Å². The fourth-order valence-electron chi connectivity index (χ4n) is 3.47. The van der Waals surface area contributed by atoms with E-state index in [0.29, 0.717) is 28.5 Å². The minimum absolute atomic E-state index is 0.207. The second-order valence-corrected chi connectivity index (χ2v) is 7.32. The normalized spacial score (nSPS) is 15.1. The van der Waals surface area contributed by atoms with Crippen LogP contribution in [0.25, 0.3) is 5.65 Å². The molecule has 7 nitrogen and oxygen atoms in total. The Labute approximate surface area is 168 Å². The molecule has 1 saturated heterocycles. The zero-order chi connectivity index (χ0) is 20.2. The molecule has 0 unspecified atom stereocenters. The monoisotopic (exact) mass is 389 g/mol. The Morgan fingerprint density at radius 2 is 1.86 bits per heavy atom. The summed E-state index contributed by atoms with van der Waals surface area (Å²) in [5.74, 6) is 0.949. The molecule has 4 rings (SSSR count). The lowest BCUT2D eigenvalue weighted by Crippen LogP contribution is -2.36. The van der Waals surface area contributed by atoms with Gasteiger partial charge in [-0.25, -0.2) is 10.4 Å². The summed E-state index contributed by atoms with van der Waals surface area (Å²) >= 11 is 0. The number of carbonyl (C=O) groups excluding carboxylic acids is 1. The number of rotatable bonds is 4. The first-order valence-electron chi connectivity index (χ1n) is 9.78. The van der Waals surface area contributed by atoms with Gasteiger partial charge in [0.25, 0.3) is 11.5 Å². The number of hydrogen-bond donors (Lipinski definition) is 1. The third-order valence-corrected chi connectivity index (χ3v) is 5.23. The van der Waals surface area contributed by atoms with Gasteiger partial charge < -0.3 is 4.90 Å². The molecule has 3 heterocycles. The van der Waals surface area contributed by atoms with Crippen molar-refractivity contribution in [3.05, 3.63) is 76.2 Å². The number of anilines is 1. The van der Waals surface area contributed by atoms with E-state index in [-0.39, 0.29) is 11.5 Å². The number of pyridine rings is 1. The Hall–Kier alpha value is -3.48. The molecule has 0 radical (unpaired) electrons. The summed E-state index contributed by atoms with van der Waals surface area (Å²) < 4.78 is 1.50. The van der Waals surface area contributed by atoms with Gasteiger partial charge in [-0.3, -0.25) is 14.0 Å². The molecule has 0 aliphatic carbocycles. The Bertz CT molecular complexity index is 1100. The predicted octanol–water partition coefficient (Wildman–Crippen LogP) is 2.69. The molecule has 1 amide bonds. The molecular weight excluding hydrogens is 366 g/mol. The molecule has 2 aromatic heterocycles. The summed E-state index contributed by atoms with van der Waals surface area (Å²) in [5.41, 5.74) is 3.76. The van der Waals surface area contributed by atoms with Gasteiger partial charge in [0.1, 0.15) is 17.0 Å². The summed E-state index contributed by atoms with van der Waals surface area (Å²) in [5, 5.41) is 4.05. The van der Waals surface area contributed by atoms with Crippen LogP contribution in [0.15, 0.2) is 64.6 Å². The molecule has 1 aromatic carbocycles. The number of hydrazone groups is 1. The number of nitrogens with zero attached hydrogens (tertiary/aromatic N) is 4. The molecule has 1 aliphatic heterocycles. The van der Waals surface area contributed by atoms with Crippen LogP contribution < -0.4 is 15.9 Å². The van der Waals surface area contributed by atoms with E-state index in [9.17, 15) is 9.59 Å². The van der Waals surface area contributed by atoms with E-state index in [1.807, 2.05) is 18.2 Å². The third-order valence-electron chi connectivity index (χ3n) is 5.23. The predicted molar refractivity (Wildman–Crippen MR) is 114 cm³/mol. The molecule has 1 fully saturated rings. The number of nitrogens with one attached hydrogen (secondary N) is 1. The van der Waals surface area contributed by atoms with Gasteiger partial charge in [0.15, 0.2) is 0 Å². The Kier molecular flexibility index (Phi) is 5.37. The van der Waals surface area contributed by atoms with Gasteiger partial charge in [-0.2, -0.15) is 5.10 Å². The Morgan fingerprint density at radius 3 is 2.62 bits per heavy atom. The fourth-order valence-corrected chi connectivity index (χ4v) is 3.47. The highest BCUT2D eigenvalue weighted by Gasteiger charge is 2.22. The summed E-state index contributed by atoms with van der Waals surface area (Å²) in [6.07, 6.45) is 5.20. The van der Waals surface area contributed by atoms with Crippen molar-refractivity contribution in [3.8, 4) is 0 Å². The largest absolute Gasteiger partial charge is 0.356 e. The van der Waals surface area contributed by atoms with Crippen LogP contribution in [-0.4, -0.2) is 34.6 Å². The standard InChI is InChI=1S/C22H23N5O2/c1-16-10-13-26(14-11-16)20-18(22(29)27-12-6-5-9-19(27)24-20)15-23-25-21(28)17-7-3-2-4-8-17/h2-9,12,15-16H,10-11,13-14H2,1H3,(H,25,28)/b23-15-. The summed E-state index contributed by atoms with van der Waals surface area (Å²) in [6.45, 7) is 3.92. The van der Waals surface area contributed by atoms with Crippen molar-refractivity contribution in [1.82, 2.24) is 14.8 Å². The van der Waals surface area contributed by atoms with Gasteiger partial charge in [0.05, 0.1) is 6.21 Å². The quantitative estimate of drug-likeness (QED) is 0.550. The van der Waals surface area contributed by atoms with E-state index in [0.717, 1.165) is 25.9 Å². The molecule has 1 aliphatic rings. The van der Waals surface area contributed by atoms with Gasteiger partial charge in [-0.05, 0) is 43.0 Å². The van der Waals surface area contributed by atoms with Crippen LogP contribution in [0.2, 0.25) is 0 Å². The molecule has 148 valence electrons. The Balaban J connectivity index is 1.68. The highest BCUT2D eigenvalue weighted by Crippen LogP contribution is 2.23. The van der Waals surface area contributed by atoms with E-state index in [1.54, 1.807) is 36.5 Å². The van der Waals surface area contributed by atoms with Crippen molar-refractivity contribution in [2.24, 2.45) is 11.0 Å². The minimum atomic E-state index is -0.330. The minimum Gasteiger partial charge on any atom is -0.356 e. The van der Waals surface area contributed by atoms with E-state index < -0.39 is 0 Å². The number of carbonyl (C=O) groups is 1. The highest BCUT2D eigenvalue weighted by molar-refractivity contribution is 5.95. The SMILES string of the molecule is CC1CCN(c2nc3ccccn3c(=O)c2/C=N\NC(=O)c2ccccc2)CC1. The number of piperidine rings is 1. The number of hydrogen-bond acceptors (Lipinski definition) is 5. The fraction of sp³-hybridized carbons (Fsp3) is 0.273. The molecule has 0 atom stereocenters. The summed E-state index contributed by atoms with van der Waals surface area (Å²) in [7, 11) is 0. The molecule has 0 bridgehead atoms. The first-order chi connectivity index (χ1) is 14.1. The second kappa shape index (κ2) is 8.26. The van der Waals surface area contributed by atoms with Crippen LogP contribution in [0.4, 0.5) is 5.82 Å². The Morgan fingerprint density at radius 1 is 1.14 bits per heavy atom. The smallest absolute Gasteiger partial charge is 0.271 e. The topological polar surface area (TPSA) is 79.1 Å². The maximum absolute atomic E-state index is 13.1. The van der Waals surface area contributed by atoms with Gasteiger partial charge in [-0.1, -0.05) is 31.2 Å². The van der Waals surface area contributed by atoms with E-state index in [1.165, 1.54) is 10.6 Å². The number of amides is 1. The van der Waals surface area contributed by atoms with Crippen molar-refractivity contribution >= 4 is 23.6 Å². The number of benzene rings is 1. The molecule has 29 heavy (non-hydrogen) atoms.